The van der Waals surface area contributed by atoms with Crippen LogP contribution < -0.4 is 20.3 Å². The Hall–Kier alpha value is -2.62. The zero-order chi connectivity index (χ0) is 25.2. The smallest absolute Gasteiger partial charge is 0.265 e. The van der Waals surface area contributed by atoms with Crippen molar-refractivity contribution in [1.29, 1.82) is 0 Å². The number of carbonyl (C=O) groups is 2. The molecule has 3 N–H and O–H groups in total. The third kappa shape index (κ3) is 5.47. The van der Waals surface area contributed by atoms with Gasteiger partial charge in [0.2, 0.25) is 11.8 Å². The van der Waals surface area contributed by atoms with E-state index in [4.69, 9.17) is 11.6 Å². The van der Waals surface area contributed by atoms with Gasteiger partial charge in [0.25, 0.3) is 10.0 Å². The van der Waals surface area contributed by atoms with Gasteiger partial charge in [0.15, 0.2) is 0 Å². The molecule has 2 aromatic carbocycles. The van der Waals surface area contributed by atoms with Crippen LogP contribution in [0.15, 0.2) is 41.3 Å². The minimum atomic E-state index is -4.19. The highest BCUT2D eigenvalue weighted by Gasteiger charge is 2.42. The van der Waals surface area contributed by atoms with Crippen LogP contribution in [0.1, 0.15) is 36.8 Å². The van der Waals surface area contributed by atoms with Crippen molar-refractivity contribution in [2.75, 3.05) is 29.3 Å². The Morgan fingerprint density at radius 1 is 1.20 bits per heavy atom. The van der Waals surface area contributed by atoms with Crippen LogP contribution in [0, 0.1) is 19.8 Å². The molecule has 2 atom stereocenters. The number of nitrogens with one attached hydrogen (secondary N) is 3. The summed E-state index contributed by atoms with van der Waals surface area (Å²) < 4.78 is 29.0. The maximum atomic E-state index is 14.0. The average molecular weight is 519 g/mol. The summed E-state index contributed by atoms with van der Waals surface area (Å²) in [6.07, 6.45) is 2.80. The highest BCUT2D eigenvalue weighted by molar-refractivity contribution is 7.93. The fourth-order valence-corrected chi connectivity index (χ4v) is 6.85. The second-order valence-electron chi connectivity index (χ2n) is 9.25. The summed E-state index contributed by atoms with van der Waals surface area (Å²) in [5.74, 6) is -0.401. The molecule has 4 rings (SSSR count). The zero-order valence-corrected chi connectivity index (χ0v) is 21.5. The molecule has 1 saturated heterocycles. The molecule has 2 aliphatic rings. The summed E-state index contributed by atoms with van der Waals surface area (Å²) in [6.45, 7) is 5.83. The fourth-order valence-electron chi connectivity index (χ4n) is 4.71. The third-order valence-corrected chi connectivity index (χ3v) is 9.00. The topological polar surface area (TPSA) is 108 Å². The number of piperidine rings is 1. The van der Waals surface area contributed by atoms with Crippen molar-refractivity contribution in [2.45, 2.75) is 50.5 Å². The van der Waals surface area contributed by atoms with E-state index in [-0.39, 0.29) is 17.2 Å². The summed E-state index contributed by atoms with van der Waals surface area (Å²) in [7, 11) is -4.19. The lowest BCUT2D eigenvalue weighted by atomic mass is 9.96. The SMILES string of the molecule is Cc1cc(S(=O)(=O)N2c3ccccc3NC(=O)[C@H]2CC(=O)NCCC2CCCNC2)c(C)cc1Cl. The number of rotatable bonds is 7. The number of nitrogens with zero attached hydrogens (tertiary/aromatic N) is 1. The Balaban J connectivity index is 1.61. The van der Waals surface area contributed by atoms with Crippen LogP contribution in [0.2, 0.25) is 5.02 Å². The maximum Gasteiger partial charge on any atom is 0.265 e. The first-order valence-corrected chi connectivity index (χ1v) is 13.7. The Labute approximate surface area is 211 Å². The summed E-state index contributed by atoms with van der Waals surface area (Å²) in [4.78, 5) is 26.0. The van der Waals surface area contributed by atoms with Gasteiger partial charge in [-0.2, -0.15) is 0 Å². The Morgan fingerprint density at radius 2 is 1.97 bits per heavy atom. The van der Waals surface area contributed by atoms with Gasteiger partial charge in [-0.25, -0.2) is 8.42 Å². The van der Waals surface area contributed by atoms with E-state index < -0.39 is 22.0 Å². The van der Waals surface area contributed by atoms with E-state index in [9.17, 15) is 18.0 Å². The number of amides is 2. The van der Waals surface area contributed by atoms with Gasteiger partial charge in [-0.15, -0.1) is 0 Å². The first-order valence-electron chi connectivity index (χ1n) is 11.9. The fraction of sp³-hybridized carbons (Fsp3) is 0.440. The molecule has 2 heterocycles. The molecule has 1 unspecified atom stereocenters. The lowest BCUT2D eigenvalue weighted by molar-refractivity contribution is -0.125. The van der Waals surface area contributed by atoms with Gasteiger partial charge in [-0.3, -0.25) is 13.9 Å². The Bertz CT molecular complexity index is 1230. The van der Waals surface area contributed by atoms with Crippen molar-refractivity contribution in [1.82, 2.24) is 10.6 Å². The van der Waals surface area contributed by atoms with Gasteiger partial charge >= 0.3 is 0 Å². The van der Waals surface area contributed by atoms with Crippen molar-refractivity contribution in [2.24, 2.45) is 5.92 Å². The summed E-state index contributed by atoms with van der Waals surface area (Å²) >= 11 is 6.20. The summed E-state index contributed by atoms with van der Waals surface area (Å²) in [5.41, 5.74) is 1.78. The molecule has 10 heteroatoms. The lowest BCUT2D eigenvalue weighted by Gasteiger charge is -2.37. The van der Waals surface area contributed by atoms with Gasteiger partial charge in [-0.05, 0) is 87.5 Å². The molecular weight excluding hydrogens is 488 g/mol. The van der Waals surface area contributed by atoms with Crippen molar-refractivity contribution in [3.63, 3.8) is 0 Å². The summed E-state index contributed by atoms with van der Waals surface area (Å²) in [5, 5.41) is 9.45. The highest BCUT2D eigenvalue weighted by atomic mass is 35.5. The van der Waals surface area contributed by atoms with Gasteiger partial charge in [0.05, 0.1) is 22.7 Å². The molecular formula is C25H31ClN4O4S. The number of para-hydroxylation sites is 2. The van der Waals surface area contributed by atoms with Gasteiger partial charge in [-0.1, -0.05) is 23.7 Å². The molecule has 0 aliphatic carbocycles. The zero-order valence-electron chi connectivity index (χ0n) is 19.9. The largest absolute Gasteiger partial charge is 0.356 e. The second kappa shape index (κ2) is 10.6. The van der Waals surface area contributed by atoms with Crippen LogP contribution in [-0.2, 0) is 19.6 Å². The Morgan fingerprint density at radius 3 is 2.71 bits per heavy atom. The van der Waals surface area contributed by atoms with Gasteiger partial charge < -0.3 is 16.0 Å². The quantitative estimate of drug-likeness (QED) is 0.521. The van der Waals surface area contributed by atoms with Crippen LogP contribution >= 0.6 is 11.6 Å². The summed E-state index contributed by atoms with van der Waals surface area (Å²) in [6, 6.07) is 8.58. The molecule has 35 heavy (non-hydrogen) atoms. The van der Waals surface area contributed by atoms with E-state index in [0.717, 1.165) is 36.7 Å². The van der Waals surface area contributed by atoms with Gasteiger partial charge in [0, 0.05) is 11.6 Å². The predicted molar refractivity (Wildman–Crippen MR) is 137 cm³/mol. The number of hydrogen-bond donors (Lipinski definition) is 3. The van der Waals surface area contributed by atoms with E-state index >= 15 is 0 Å². The van der Waals surface area contributed by atoms with Crippen LogP contribution in [0.5, 0.6) is 0 Å². The predicted octanol–water partition coefficient (Wildman–Crippen LogP) is 3.37. The van der Waals surface area contributed by atoms with E-state index in [1.54, 1.807) is 44.2 Å². The minimum Gasteiger partial charge on any atom is -0.356 e. The molecule has 0 bridgehead atoms. The van der Waals surface area contributed by atoms with E-state index in [0.29, 0.717) is 40.0 Å². The van der Waals surface area contributed by atoms with E-state index in [2.05, 4.69) is 16.0 Å². The number of anilines is 2. The third-order valence-electron chi connectivity index (χ3n) is 6.63. The molecule has 2 amide bonds. The lowest BCUT2D eigenvalue weighted by Crippen LogP contribution is -2.53. The monoisotopic (exact) mass is 518 g/mol. The molecule has 1 fully saturated rings. The standard InChI is InChI=1S/C25H31ClN4O4S/c1-16-13-23(17(2)12-19(16)26)35(33,34)30-21-8-4-3-7-20(21)29-25(32)22(30)14-24(31)28-11-9-18-6-5-10-27-15-18/h3-4,7-8,12-13,18,22,27H,5-6,9-11,14-15H2,1-2H3,(H,28,31)(H,29,32)/t18?,22-/m1/s1. The molecule has 188 valence electrons. The molecule has 8 nitrogen and oxygen atoms in total. The number of hydrogen-bond acceptors (Lipinski definition) is 5. The van der Waals surface area contributed by atoms with Crippen molar-refractivity contribution in [3.8, 4) is 0 Å². The number of fused-ring (bicyclic) bond motifs is 1. The maximum absolute atomic E-state index is 14.0. The average Bonchev–Trinajstić information content (AvgIpc) is 2.82. The number of carbonyl (C=O) groups excluding carboxylic acids is 2. The molecule has 0 radical (unpaired) electrons. The van der Waals surface area contributed by atoms with E-state index in [1.165, 1.54) is 6.07 Å². The van der Waals surface area contributed by atoms with Crippen LogP contribution in [0.25, 0.3) is 0 Å². The number of halogens is 1. The highest BCUT2D eigenvalue weighted by Crippen LogP contribution is 2.38. The minimum absolute atomic E-state index is 0.0547. The second-order valence-corrected chi connectivity index (χ2v) is 11.4. The van der Waals surface area contributed by atoms with Crippen LogP contribution in [0.3, 0.4) is 0 Å². The molecule has 0 aromatic heterocycles. The van der Waals surface area contributed by atoms with Crippen molar-refractivity contribution in [3.05, 3.63) is 52.5 Å². The molecule has 0 saturated carbocycles. The van der Waals surface area contributed by atoms with Gasteiger partial charge in [0.1, 0.15) is 6.04 Å². The first kappa shape index (κ1) is 25.5. The van der Waals surface area contributed by atoms with Crippen molar-refractivity contribution >= 4 is 44.8 Å². The van der Waals surface area contributed by atoms with E-state index in [1.807, 2.05) is 0 Å². The number of sulfonamides is 1. The van der Waals surface area contributed by atoms with Crippen LogP contribution in [0.4, 0.5) is 11.4 Å². The first-order chi connectivity index (χ1) is 16.7. The number of aryl methyl sites for hydroxylation is 2. The molecule has 2 aliphatic heterocycles. The molecule has 0 spiro atoms. The Kier molecular flexibility index (Phi) is 7.68. The number of benzene rings is 2. The normalized spacial score (nSPS) is 20.2. The van der Waals surface area contributed by atoms with Crippen LogP contribution in [-0.4, -0.2) is 45.9 Å². The van der Waals surface area contributed by atoms with Crippen molar-refractivity contribution < 1.29 is 18.0 Å². The molecule has 2 aromatic rings.